The summed E-state index contributed by atoms with van der Waals surface area (Å²) in [5.41, 5.74) is 2.46. The van der Waals surface area contributed by atoms with E-state index in [4.69, 9.17) is 9.15 Å². The number of nitrogens with zero attached hydrogens (tertiary/aromatic N) is 2. The lowest BCUT2D eigenvalue weighted by molar-refractivity contribution is -0.159. The first kappa shape index (κ1) is 16.1. The Labute approximate surface area is 146 Å². The molecule has 132 valence electrons. The third-order valence-electron chi connectivity index (χ3n) is 5.27. The molecule has 1 aromatic heterocycles. The molecule has 2 saturated heterocycles. The molecular weight excluding hydrogens is 320 g/mol. The molecule has 2 aliphatic heterocycles. The van der Waals surface area contributed by atoms with Crippen LogP contribution in [0, 0.1) is 6.92 Å². The van der Waals surface area contributed by atoms with Crippen molar-refractivity contribution in [1.29, 1.82) is 0 Å². The second-order valence-corrected chi connectivity index (χ2v) is 7.22. The molecule has 1 atom stereocenters. The molecule has 6 nitrogen and oxygen atoms in total. The van der Waals surface area contributed by atoms with Crippen LogP contribution < -0.4 is 0 Å². The smallest absolute Gasteiger partial charge is 0.248 e. The number of morpholine rings is 1. The Balaban J connectivity index is 1.46. The summed E-state index contributed by atoms with van der Waals surface area (Å²) in [5.74, 6) is 0.0684. The predicted molar refractivity (Wildman–Crippen MR) is 92.2 cm³/mol. The van der Waals surface area contributed by atoms with Crippen molar-refractivity contribution < 1.29 is 18.7 Å². The van der Waals surface area contributed by atoms with Crippen molar-refractivity contribution >= 4 is 22.8 Å². The number of furan rings is 1. The summed E-state index contributed by atoms with van der Waals surface area (Å²) in [6.07, 6.45) is 2.76. The predicted octanol–water partition coefficient (Wildman–Crippen LogP) is 1.74. The minimum atomic E-state index is -0.409. The summed E-state index contributed by atoms with van der Waals surface area (Å²) in [4.78, 5) is 27.9. The number of carbonyl (C=O) groups excluding carboxylic acids is 2. The molecule has 3 heterocycles. The Morgan fingerprint density at radius 2 is 2.16 bits per heavy atom. The van der Waals surface area contributed by atoms with E-state index in [1.807, 2.05) is 30.0 Å². The third-order valence-corrected chi connectivity index (χ3v) is 5.27. The number of benzene rings is 1. The fourth-order valence-corrected chi connectivity index (χ4v) is 3.80. The van der Waals surface area contributed by atoms with Crippen LogP contribution in [0.4, 0.5) is 0 Å². The summed E-state index contributed by atoms with van der Waals surface area (Å²) in [7, 11) is 1.79. The van der Waals surface area contributed by atoms with Crippen molar-refractivity contribution in [2.24, 2.45) is 0 Å². The number of likely N-dealkylation sites (tertiary alicyclic amines) is 1. The van der Waals surface area contributed by atoms with E-state index in [0.717, 1.165) is 28.5 Å². The van der Waals surface area contributed by atoms with Gasteiger partial charge in [-0.05, 0) is 25.0 Å². The Morgan fingerprint density at radius 3 is 2.96 bits per heavy atom. The minimum absolute atomic E-state index is 0.00411. The molecular formula is C19H22N2O4. The number of likely N-dealkylation sites (N-methyl/N-ethyl adjacent to an activating group) is 1. The van der Waals surface area contributed by atoms with Gasteiger partial charge in [0, 0.05) is 24.5 Å². The largest absolute Gasteiger partial charge is 0.464 e. The summed E-state index contributed by atoms with van der Waals surface area (Å²) in [5, 5.41) is 0.993. The van der Waals surface area contributed by atoms with E-state index < -0.39 is 5.60 Å². The van der Waals surface area contributed by atoms with E-state index in [1.165, 1.54) is 0 Å². The van der Waals surface area contributed by atoms with Gasteiger partial charge >= 0.3 is 0 Å². The number of fused-ring (bicyclic) bond motifs is 1. The molecule has 2 amide bonds. The minimum Gasteiger partial charge on any atom is -0.464 e. The molecule has 1 aromatic carbocycles. The lowest BCUT2D eigenvalue weighted by Gasteiger charge is -2.38. The molecule has 1 spiro atoms. The number of carbonyl (C=O) groups is 2. The SMILES string of the molecule is Cc1ccc2c(CC(=O)N3CCC4(CN(C)C(=O)CO4)C3)coc2c1. The summed E-state index contributed by atoms with van der Waals surface area (Å²) >= 11 is 0. The molecule has 0 bridgehead atoms. The van der Waals surface area contributed by atoms with Crippen LogP contribution in [-0.2, 0) is 20.7 Å². The zero-order chi connectivity index (χ0) is 17.6. The normalized spacial score (nSPS) is 23.8. The molecule has 1 unspecified atom stereocenters. The molecule has 2 aliphatic rings. The zero-order valence-corrected chi connectivity index (χ0v) is 14.6. The van der Waals surface area contributed by atoms with Gasteiger partial charge in [0.15, 0.2) is 0 Å². The van der Waals surface area contributed by atoms with Gasteiger partial charge in [0.1, 0.15) is 17.8 Å². The van der Waals surface area contributed by atoms with E-state index in [2.05, 4.69) is 0 Å². The topological polar surface area (TPSA) is 63.0 Å². The van der Waals surface area contributed by atoms with Crippen LogP contribution in [-0.4, -0.2) is 60.5 Å². The van der Waals surface area contributed by atoms with E-state index in [1.54, 1.807) is 18.2 Å². The Hall–Kier alpha value is -2.34. The Bertz CT molecular complexity index is 843. The molecule has 6 heteroatoms. The van der Waals surface area contributed by atoms with Crippen molar-refractivity contribution in [3.63, 3.8) is 0 Å². The number of rotatable bonds is 2. The molecule has 0 aliphatic carbocycles. The van der Waals surface area contributed by atoms with Crippen LogP contribution in [0.3, 0.4) is 0 Å². The fraction of sp³-hybridized carbons (Fsp3) is 0.474. The number of aryl methyl sites for hydroxylation is 1. The van der Waals surface area contributed by atoms with Gasteiger partial charge in [0.25, 0.3) is 0 Å². The van der Waals surface area contributed by atoms with Crippen molar-refractivity contribution in [1.82, 2.24) is 9.80 Å². The van der Waals surface area contributed by atoms with Gasteiger partial charge < -0.3 is 19.0 Å². The quantitative estimate of drug-likeness (QED) is 0.834. The first-order chi connectivity index (χ1) is 12.0. The number of hydrogen-bond acceptors (Lipinski definition) is 4. The van der Waals surface area contributed by atoms with Crippen molar-refractivity contribution in [2.75, 3.05) is 33.3 Å². The van der Waals surface area contributed by atoms with Crippen LogP contribution in [0.25, 0.3) is 11.0 Å². The molecule has 0 N–H and O–H groups in total. The van der Waals surface area contributed by atoms with Crippen LogP contribution in [0.1, 0.15) is 17.5 Å². The summed E-state index contributed by atoms with van der Waals surface area (Å²) < 4.78 is 11.4. The van der Waals surface area contributed by atoms with Crippen LogP contribution in [0.2, 0.25) is 0 Å². The van der Waals surface area contributed by atoms with Crippen LogP contribution >= 0.6 is 0 Å². The van der Waals surface area contributed by atoms with Gasteiger partial charge in [0.05, 0.1) is 25.8 Å². The lowest BCUT2D eigenvalue weighted by Crippen LogP contribution is -2.54. The monoisotopic (exact) mass is 342 g/mol. The fourth-order valence-electron chi connectivity index (χ4n) is 3.80. The van der Waals surface area contributed by atoms with Gasteiger partial charge in [-0.1, -0.05) is 12.1 Å². The first-order valence-electron chi connectivity index (χ1n) is 8.58. The second-order valence-electron chi connectivity index (χ2n) is 7.22. The summed E-state index contributed by atoms with van der Waals surface area (Å²) in [6, 6.07) is 6.02. The molecule has 2 fully saturated rings. The van der Waals surface area contributed by atoms with Gasteiger partial charge in [-0.2, -0.15) is 0 Å². The van der Waals surface area contributed by atoms with Gasteiger partial charge in [-0.25, -0.2) is 0 Å². The number of amides is 2. The molecule has 0 radical (unpaired) electrons. The maximum absolute atomic E-state index is 12.7. The highest BCUT2D eigenvalue weighted by Gasteiger charge is 2.45. The summed E-state index contributed by atoms with van der Waals surface area (Å²) in [6.45, 7) is 3.87. The van der Waals surface area contributed by atoms with E-state index in [0.29, 0.717) is 26.1 Å². The molecule has 2 aromatic rings. The average Bonchev–Trinajstić information content (AvgIpc) is 3.16. The number of hydrogen-bond donors (Lipinski definition) is 0. The highest BCUT2D eigenvalue weighted by Crippen LogP contribution is 2.30. The molecule has 0 saturated carbocycles. The Kier molecular flexibility index (Phi) is 3.80. The van der Waals surface area contributed by atoms with Crippen molar-refractivity contribution in [2.45, 2.75) is 25.4 Å². The molecule has 4 rings (SSSR count). The van der Waals surface area contributed by atoms with Crippen molar-refractivity contribution in [3.8, 4) is 0 Å². The average molecular weight is 342 g/mol. The lowest BCUT2D eigenvalue weighted by atomic mass is 10.0. The maximum atomic E-state index is 12.7. The first-order valence-corrected chi connectivity index (χ1v) is 8.58. The van der Waals surface area contributed by atoms with Crippen LogP contribution in [0.5, 0.6) is 0 Å². The Morgan fingerprint density at radius 1 is 1.32 bits per heavy atom. The van der Waals surface area contributed by atoms with Gasteiger partial charge in [-0.3, -0.25) is 9.59 Å². The second kappa shape index (κ2) is 5.88. The molecule has 25 heavy (non-hydrogen) atoms. The van der Waals surface area contributed by atoms with Crippen molar-refractivity contribution in [3.05, 3.63) is 35.6 Å². The zero-order valence-electron chi connectivity index (χ0n) is 14.6. The van der Waals surface area contributed by atoms with Crippen LogP contribution in [0.15, 0.2) is 28.9 Å². The maximum Gasteiger partial charge on any atom is 0.248 e. The van der Waals surface area contributed by atoms with Gasteiger partial charge in [-0.15, -0.1) is 0 Å². The highest BCUT2D eigenvalue weighted by atomic mass is 16.5. The third kappa shape index (κ3) is 2.91. The van der Waals surface area contributed by atoms with E-state index >= 15 is 0 Å². The highest BCUT2D eigenvalue weighted by molar-refractivity contribution is 5.88. The van der Waals surface area contributed by atoms with E-state index in [-0.39, 0.29) is 18.4 Å². The standard InChI is InChI=1S/C19H22N2O4/c1-13-3-4-15-14(9-24-16(15)7-13)8-17(22)21-6-5-19(12-21)11-20(2)18(23)10-25-19/h3-4,7,9H,5-6,8,10-12H2,1-2H3. The number of ether oxygens (including phenoxy) is 1. The van der Waals surface area contributed by atoms with E-state index in [9.17, 15) is 9.59 Å². The van der Waals surface area contributed by atoms with Gasteiger partial charge in [0.2, 0.25) is 11.8 Å².